The monoisotopic (exact) mass is 373 g/mol. The number of unbranched alkanes of at least 4 members (excludes halogenated alkanes) is 1. The van der Waals surface area contributed by atoms with Crippen LogP contribution in [0.3, 0.4) is 0 Å². The summed E-state index contributed by atoms with van der Waals surface area (Å²) in [5.41, 5.74) is 0.598. The average molecular weight is 373 g/mol. The topological polar surface area (TPSA) is 112 Å². The third-order valence-corrected chi connectivity index (χ3v) is 5.41. The van der Waals surface area contributed by atoms with E-state index in [9.17, 15) is 18.0 Å². The Labute approximate surface area is 150 Å². The molecular weight excluding hydrogens is 354 g/mol. The summed E-state index contributed by atoms with van der Waals surface area (Å²) >= 11 is 0. The number of fused-ring (bicyclic) bond motifs is 1. The highest BCUT2D eigenvalue weighted by molar-refractivity contribution is 7.92. The van der Waals surface area contributed by atoms with Gasteiger partial charge in [-0.1, -0.05) is 25.5 Å². The van der Waals surface area contributed by atoms with E-state index in [2.05, 4.69) is 21.6 Å². The summed E-state index contributed by atoms with van der Waals surface area (Å²) in [6.07, 6.45) is 3.14. The van der Waals surface area contributed by atoms with Gasteiger partial charge in [0.25, 0.3) is 10.0 Å². The van der Waals surface area contributed by atoms with Crippen LogP contribution in [0, 0.1) is 0 Å². The summed E-state index contributed by atoms with van der Waals surface area (Å²) in [5.74, 6) is 0. The largest absolute Gasteiger partial charge is 0.316 e. The predicted molar refractivity (Wildman–Crippen MR) is 101 cm³/mol. The van der Waals surface area contributed by atoms with E-state index in [1.807, 2.05) is 12.1 Å². The van der Waals surface area contributed by atoms with Gasteiger partial charge in [0.15, 0.2) is 0 Å². The molecule has 0 saturated heterocycles. The van der Waals surface area contributed by atoms with Crippen molar-refractivity contribution in [2.45, 2.75) is 31.1 Å². The van der Waals surface area contributed by atoms with Crippen LogP contribution >= 0.6 is 0 Å². The Morgan fingerprint density at radius 3 is 2.23 bits per heavy atom. The van der Waals surface area contributed by atoms with Crippen molar-refractivity contribution < 1.29 is 8.42 Å². The van der Waals surface area contributed by atoms with E-state index in [-0.39, 0.29) is 10.4 Å². The lowest BCUT2D eigenvalue weighted by molar-refractivity contribution is 0.601. The van der Waals surface area contributed by atoms with Crippen LogP contribution in [-0.4, -0.2) is 18.4 Å². The van der Waals surface area contributed by atoms with Crippen LogP contribution in [0.25, 0.3) is 11.0 Å². The molecule has 26 heavy (non-hydrogen) atoms. The van der Waals surface area contributed by atoms with Crippen LogP contribution in [0.15, 0.2) is 56.9 Å². The minimum atomic E-state index is -3.82. The summed E-state index contributed by atoms with van der Waals surface area (Å²) in [6, 6.07) is 11.4. The number of nitrogens with one attached hydrogen (secondary N) is 3. The molecule has 1 heterocycles. The lowest BCUT2D eigenvalue weighted by atomic mass is 10.1. The van der Waals surface area contributed by atoms with Crippen LogP contribution < -0.4 is 15.8 Å². The van der Waals surface area contributed by atoms with E-state index in [0.29, 0.717) is 11.2 Å². The Kier molecular flexibility index (Phi) is 4.94. The molecule has 0 fully saturated rings. The van der Waals surface area contributed by atoms with E-state index in [0.717, 1.165) is 24.8 Å². The van der Waals surface area contributed by atoms with E-state index >= 15 is 0 Å². The number of benzene rings is 2. The lowest BCUT2D eigenvalue weighted by Gasteiger charge is -2.09. The summed E-state index contributed by atoms with van der Waals surface area (Å²) in [6.45, 7) is 2.12. The molecule has 3 aromatic rings. The van der Waals surface area contributed by atoms with Crippen molar-refractivity contribution in [2.24, 2.45) is 0 Å². The van der Waals surface area contributed by atoms with Crippen LogP contribution in [0.2, 0.25) is 0 Å². The molecular formula is C18H19N3O4S. The molecule has 0 aliphatic heterocycles. The third-order valence-electron chi connectivity index (χ3n) is 4.03. The fourth-order valence-electron chi connectivity index (χ4n) is 2.60. The molecule has 7 nitrogen and oxygen atoms in total. The third kappa shape index (κ3) is 3.85. The van der Waals surface area contributed by atoms with Crippen molar-refractivity contribution in [3.8, 4) is 0 Å². The number of hydrogen-bond donors (Lipinski definition) is 3. The average Bonchev–Trinajstić information content (AvgIpc) is 2.61. The molecule has 0 spiro atoms. The lowest BCUT2D eigenvalue weighted by Crippen LogP contribution is -2.29. The minimum absolute atomic E-state index is 0.0113. The van der Waals surface area contributed by atoms with Gasteiger partial charge in [0.2, 0.25) is 0 Å². The molecule has 0 bridgehead atoms. The smallest absolute Gasteiger partial charge is 0.314 e. The number of H-pyrrole nitrogens is 2. The highest BCUT2D eigenvalue weighted by Gasteiger charge is 2.15. The van der Waals surface area contributed by atoms with Crippen LogP contribution in [0.1, 0.15) is 25.3 Å². The summed E-state index contributed by atoms with van der Waals surface area (Å²) in [4.78, 5) is 27.5. The number of aromatic nitrogens is 2. The molecule has 0 amide bonds. The molecule has 3 rings (SSSR count). The van der Waals surface area contributed by atoms with Gasteiger partial charge >= 0.3 is 11.1 Å². The van der Waals surface area contributed by atoms with Crippen molar-refractivity contribution in [2.75, 3.05) is 4.72 Å². The maximum absolute atomic E-state index is 12.6. The van der Waals surface area contributed by atoms with Gasteiger partial charge < -0.3 is 9.97 Å². The molecule has 0 atom stereocenters. The van der Waals surface area contributed by atoms with Crippen molar-refractivity contribution in [3.63, 3.8) is 0 Å². The molecule has 3 N–H and O–H groups in total. The quantitative estimate of drug-likeness (QED) is 0.576. The maximum atomic E-state index is 12.6. The number of sulfonamides is 1. The van der Waals surface area contributed by atoms with E-state index < -0.39 is 21.1 Å². The number of aryl methyl sites for hydroxylation is 1. The van der Waals surface area contributed by atoms with Crippen molar-refractivity contribution in [1.29, 1.82) is 0 Å². The fraction of sp³-hybridized carbons (Fsp3) is 0.222. The highest BCUT2D eigenvalue weighted by Crippen LogP contribution is 2.19. The van der Waals surface area contributed by atoms with Gasteiger partial charge in [-0.15, -0.1) is 0 Å². The van der Waals surface area contributed by atoms with Gasteiger partial charge in [-0.3, -0.25) is 14.3 Å². The normalized spacial score (nSPS) is 11.6. The van der Waals surface area contributed by atoms with Gasteiger partial charge in [0.1, 0.15) is 0 Å². The van der Waals surface area contributed by atoms with E-state index in [4.69, 9.17) is 0 Å². The zero-order valence-corrected chi connectivity index (χ0v) is 15.0. The number of aromatic amines is 2. The number of hydrogen-bond acceptors (Lipinski definition) is 4. The number of rotatable bonds is 6. The first-order valence-electron chi connectivity index (χ1n) is 8.27. The zero-order chi connectivity index (χ0) is 18.7. The molecule has 0 saturated carbocycles. The molecule has 2 aromatic carbocycles. The Bertz CT molecular complexity index is 1150. The second-order valence-corrected chi connectivity index (χ2v) is 7.70. The Balaban J connectivity index is 1.88. The summed E-state index contributed by atoms with van der Waals surface area (Å²) < 4.78 is 27.7. The fourth-order valence-corrected chi connectivity index (χ4v) is 3.68. The SMILES string of the molecule is CCCCc1ccc(NS(=O)(=O)c2ccc3[nH]c(=O)c(=O)[nH]c3c2)cc1. The van der Waals surface area contributed by atoms with Crippen molar-refractivity contribution in [1.82, 2.24) is 9.97 Å². The summed E-state index contributed by atoms with van der Waals surface area (Å²) in [7, 11) is -3.82. The Hall–Kier alpha value is -2.87. The van der Waals surface area contributed by atoms with Crippen molar-refractivity contribution in [3.05, 3.63) is 68.7 Å². The number of anilines is 1. The van der Waals surface area contributed by atoms with Crippen molar-refractivity contribution >= 4 is 26.7 Å². The maximum Gasteiger partial charge on any atom is 0.314 e. The van der Waals surface area contributed by atoms with Gasteiger partial charge in [-0.25, -0.2) is 8.42 Å². The van der Waals surface area contributed by atoms with E-state index in [1.165, 1.54) is 18.2 Å². The molecule has 0 aliphatic carbocycles. The van der Waals surface area contributed by atoms with Crippen LogP contribution in [-0.2, 0) is 16.4 Å². The second-order valence-electron chi connectivity index (χ2n) is 6.02. The van der Waals surface area contributed by atoms with Gasteiger partial charge in [-0.05, 0) is 48.7 Å². The molecule has 136 valence electrons. The second kappa shape index (κ2) is 7.17. The molecule has 0 aliphatic rings. The van der Waals surface area contributed by atoms with Gasteiger partial charge in [-0.2, -0.15) is 0 Å². The highest BCUT2D eigenvalue weighted by atomic mass is 32.2. The Morgan fingerprint density at radius 2 is 1.58 bits per heavy atom. The Morgan fingerprint density at radius 1 is 0.923 bits per heavy atom. The summed E-state index contributed by atoms with van der Waals surface area (Å²) in [5, 5.41) is 0. The molecule has 0 unspecified atom stereocenters. The molecule has 8 heteroatoms. The van der Waals surface area contributed by atoms with E-state index in [1.54, 1.807) is 12.1 Å². The minimum Gasteiger partial charge on any atom is -0.316 e. The van der Waals surface area contributed by atoms with Crippen LogP contribution in [0.5, 0.6) is 0 Å². The first-order chi connectivity index (χ1) is 12.4. The molecule has 0 radical (unpaired) electrons. The predicted octanol–water partition coefficient (Wildman–Crippen LogP) is 2.36. The van der Waals surface area contributed by atoms with Crippen LogP contribution in [0.4, 0.5) is 5.69 Å². The molecule has 1 aromatic heterocycles. The van der Waals surface area contributed by atoms with Gasteiger partial charge in [0, 0.05) is 5.69 Å². The first-order valence-corrected chi connectivity index (χ1v) is 9.75. The standard InChI is InChI=1S/C18H19N3O4S/c1-2-3-4-12-5-7-13(8-6-12)21-26(24,25)14-9-10-15-16(11-14)20-18(23)17(22)19-15/h5-11,21H,2-4H2,1H3,(H,19,22)(H,20,23). The first kappa shape index (κ1) is 17.9. The zero-order valence-electron chi connectivity index (χ0n) is 14.2. The van der Waals surface area contributed by atoms with Gasteiger partial charge in [0.05, 0.1) is 15.9 Å².